The van der Waals surface area contributed by atoms with Crippen molar-refractivity contribution in [1.82, 2.24) is 40.4 Å². The van der Waals surface area contributed by atoms with Gasteiger partial charge in [-0.05, 0) is 53.8 Å². The highest BCUT2D eigenvalue weighted by atomic mass is 35.5. The fraction of sp³-hybridized carbons (Fsp3) is 0.375. The number of aryl methyl sites for hydroxylation is 1. The van der Waals surface area contributed by atoms with Crippen molar-refractivity contribution in [3.05, 3.63) is 128 Å². The second-order valence-corrected chi connectivity index (χ2v) is 18.8. The number of aliphatic hydroxyl groups is 1. The number of nitrogens with one attached hydrogen (secondary N) is 2. The number of amides is 1. The van der Waals surface area contributed by atoms with Crippen LogP contribution in [-0.2, 0) is 52.8 Å². The molecule has 0 bridgehead atoms. The Kier molecular flexibility index (Phi) is 20.5. The summed E-state index contributed by atoms with van der Waals surface area (Å²) in [5.41, 5.74) is 5.78. The van der Waals surface area contributed by atoms with E-state index in [9.17, 15) is 24.3 Å². The minimum Gasteiger partial charge on any atom is -0.466 e. The smallest absolute Gasteiger partial charge is 0.453 e. The Morgan fingerprint density at radius 2 is 1.59 bits per heavy atom. The van der Waals surface area contributed by atoms with Crippen molar-refractivity contribution in [3.8, 4) is 22.5 Å². The van der Waals surface area contributed by atoms with E-state index in [-0.39, 0.29) is 63.2 Å². The third kappa shape index (κ3) is 13.9. The van der Waals surface area contributed by atoms with Crippen molar-refractivity contribution in [2.75, 3.05) is 58.2 Å². The maximum Gasteiger partial charge on any atom is 0.453 e. The molecule has 0 radical (unpaired) electrons. The van der Waals surface area contributed by atoms with Crippen molar-refractivity contribution in [2.45, 2.75) is 59.1 Å². The monoisotopic (exact) mass is 1040 g/mol. The number of methoxy groups -OCH3 is 1. The van der Waals surface area contributed by atoms with Crippen molar-refractivity contribution in [2.24, 2.45) is 0 Å². The third-order valence-electron chi connectivity index (χ3n) is 10.8. The largest absolute Gasteiger partial charge is 0.466 e. The van der Waals surface area contributed by atoms with Gasteiger partial charge < -0.3 is 44.0 Å². The van der Waals surface area contributed by atoms with Crippen LogP contribution in [0.5, 0.6) is 0 Å². The summed E-state index contributed by atoms with van der Waals surface area (Å²) in [4.78, 5) is 56.8. The van der Waals surface area contributed by atoms with Gasteiger partial charge >= 0.3 is 24.1 Å². The standard InChI is InChI=1S/C48H54Cl2N8O10S2/c1-5-7-16-39-53-43(50)38(28-59)57(39)27-31-17-19-32(20-18-31)33-12-8-9-13-34(33)44-54-56-58(55-44)48(63)68-24-26-70-69-25-23-67-47(62)51-21-22-65-29-37-42(46(61)66-6-2)41(35-14-10-11-15-36(35)49)40(30(3)52-37)45(60)64-4/h8-15,17-20,41,52,59H,5-7,16,21-29H2,1-4H3,(H,51,62). The van der Waals surface area contributed by atoms with Crippen LogP contribution in [0.2, 0.25) is 10.2 Å². The van der Waals surface area contributed by atoms with Crippen molar-refractivity contribution in [3.63, 3.8) is 0 Å². The highest BCUT2D eigenvalue weighted by molar-refractivity contribution is 8.76. The molecule has 6 rings (SSSR count). The van der Waals surface area contributed by atoms with E-state index in [2.05, 4.69) is 38.0 Å². The summed E-state index contributed by atoms with van der Waals surface area (Å²) in [6.07, 6.45) is 1.34. The van der Waals surface area contributed by atoms with E-state index in [1.807, 2.05) is 53.1 Å². The minimum atomic E-state index is -0.883. The molecule has 0 saturated heterocycles. The van der Waals surface area contributed by atoms with Gasteiger partial charge in [-0.3, -0.25) is 0 Å². The SMILES string of the molecule is CCCCc1nc(Cl)c(CO)n1Cc1ccc(-c2ccccc2-c2nnn(C(=O)OCCSSCCOC(=O)NCCOCC3=C(C(=O)OCC)C(c4ccccc4Cl)C(C(=O)OC)=C(C)N3)n2)cc1. The molecule has 0 aliphatic carbocycles. The van der Waals surface area contributed by atoms with Crippen LogP contribution in [0.1, 0.15) is 62.2 Å². The van der Waals surface area contributed by atoms with Crippen molar-refractivity contribution in [1.29, 1.82) is 0 Å². The molecule has 22 heteroatoms. The number of nitrogens with zero attached hydrogens (tertiary/aromatic N) is 6. The molecule has 5 aromatic rings. The third-order valence-corrected chi connectivity index (χ3v) is 13.7. The number of dihydropyridines is 1. The molecule has 2 aromatic heterocycles. The number of rotatable bonds is 24. The summed E-state index contributed by atoms with van der Waals surface area (Å²) in [7, 11) is 4.14. The highest BCUT2D eigenvalue weighted by Gasteiger charge is 2.39. The molecule has 3 N–H and O–H groups in total. The van der Waals surface area contributed by atoms with Gasteiger partial charge in [0.05, 0.1) is 62.0 Å². The predicted molar refractivity (Wildman–Crippen MR) is 267 cm³/mol. The summed E-state index contributed by atoms with van der Waals surface area (Å²) in [5, 5.41) is 28.8. The maximum absolute atomic E-state index is 13.4. The number of benzene rings is 3. The minimum absolute atomic E-state index is 0.0668. The Bertz CT molecular complexity index is 2680. The normalized spacial score (nSPS) is 13.5. The van der Waals surface area contributed by atoms with Gasteiger partial charge in [-0.25, -0.2) is 24.2 Å². The Morgan fingerprint density at radius 3 is 2.29 bits per heavy atom. The van der Waals surface area contributed by atoms with Gasteiger partial charge in [0.2, 0.25) is 5.82 Å². The van der Waals surface area contributed by atoms with Crippen LogP contribution in [0, 0.1) is 0 Å². The zero-order valence-corrected chi connectivity index (χ0v) is 42.2. The van der Waals surface area contributed by atoms with Crippen molar-refractivity contribution >= 4 is 68.9 Å². The lowest BCUT2D eigenvalue weighted by molar-refractivity contribution is -0.139. The first-order valence-corrected chi connectivity index (χ1v) is 25.7. The van der Waals surface area contributed by atoms with E-state index in [1.165, 1.54) is 28.7 Å². The molecule has 70 heavy (non-hydrogen) atoms. The molecule has 372 valence electrons. The number of hydrogen-bond donors (Lipinski definition) is 3. The topological polar surface area (TPSA) is 220 Å². The fourth-order valence-corrected chi connectivity index (χ4v) is 9.65. The average molecular weight is 1040 g/mol. The van der Waals surface area contributed by atoms with E-state index in [4.69, 9.17) is 46.9 Å². The maximum atomic E-state index is 13.4. The first-order chi connectivity index (χ1) is 34.0. The lowest BCUT2D eigenvalue weighted by Gasteiger charge is -2.31. The molecular formula is C48H54Cl2N8O10S2. The number of aromatic nitrogens is 6. The number of carbonyl (C=O) groups excluding carboxylic acids is 4. The molecule has 1 atom stereocenters. The number of unbranched alkanes of at least 4 members (excludes halogenated alkanes) is 1. The van der Waals surface area contributed by atoms with Crippen LogP contribution in [0.3, 0.4) is 0 Å². The number of allylic oxidation sites excluding steroid dienone is 1. The van der Waals surface area contributed by atoms with E-state index in [0.29, 0.717) is 56.4 Å². The number of alkyl carbamates (subject to hydrolysis) is 1. The van der Waals surface area contributed by atoms with E-state index in [1.54, 1.807) is 38.1 Å². The zero-order chi connectivity index (χ0) is 50.0. The molecule has 1 unspecified atom stereocenters. The second kappa shape index (κ2) is 26.9. The number of hydrogen-bond acceptors (Lipinski definition) is 17. The van der Waals surface area contributed by atoms with Gasteiger partial charge in [-0.1, -0.05) is 130 Å². The molecule has 1 aliphatic rings. The summed E-state index contributed by atoms with van der Waals surface area (Å²) in [6.45, 7) is 6.24. The fourth-order valence-electron chi connectivity index (χ4n) is 7.49. The van der Waals surface area contributed by atoms with E-state index >= 15 is 0 Å². The molecule has 1 aliphatic heterocycles. The number of ether oxygens (including phenoxy) is 5. The first kappa shape index (κ1) is 53.5. The van der Waals surface area contributed by atoms with Gasteiger partial charge in [0.1, 0.15) is 19.0 Å². The van der Waals surface area contributed by atoms with Gasteiger partial charge in [0, 0.05) is 47.3 Å². The van der Waals surface area contributed by atoms with Crippen LogP contribution in [0.4, 0.5) is 9.59 Å². The average Bonchev–Trinajstić information content (AvgIpc) is 3.98. The molecule has 0 saturated carbocycles. The molecule has 18 nitrogen and oxygen atoms in total. The molecule has 0 fully saturated rings. The quantitative estimate of drug-likeness (QED) is 0.0230. The number of tetrazole rings is 1. The van der Waals surface area contributed by atoms with Crippen LogP contribution < -0.4 is 10.6 Å². The Labute approximate surface area is 423 Å². The number of aliphatic hydroxyl groups excluding tert-OH is 1. The lowest BCUT2D eigenvalue weighted by Crippen LogP contribution is -2.35. The summed E-state index contributed by atoms with van der Waals surface area (Å²) in [5.74, 6) is -0.119. The molecule has 0 spiro atoms. The van der Waals surface area contributed by atoms with Crippen LogP contribution in [0.15, 0.2) is 95.3 Å². The molecule has 3 aromatic carbocycles. The molecular weight excluding hydrogens is 984 g/mol. The van der Waals surface area contributed by atoms with Crippen LogP contribution >= 0.6 is 44.8 Å². The number of carbonyl (C=O) groups is 4. The van der Waals surface area contributed by atoms with Crippen LogP contribution in [-0.4, -0.2) is 117 Å². The van der Waals surface area contributed by atoms with Crippen LogP contribution in [0.25, 0.3) is 22.5 Å². The van der Waals surface area contributed by atoms with E-state index in [0.717, 1.165) is 46.6 Å². The second-order valence-electron chi connectivity index (χ2n) is 15.4. The van der Waals surface area contributed by atoms with E-state index < -0.39 is 30.0 Å². The summed E-state index contributed by atoms with van der Waals surface area (Å²) in [6, 6.07) is 22.5. The Balaban J connectivity index is 0.897. The number of esters is 2. The molecule has 3 heterocycles. The first-order valence-electron chi connectivity index (χ1n) is 22.4. The van der Waals surface area contributed by atoms with Crippen molar-refractivity contribution < 1.29 is 48.0 Å². The Hall–Kier alpha value is -5.90. The Morgan fingerprint density at radius 1 is 0.871 bits per heavy atom. The highest BCUT2D eigenvalue weighted by Crippen LogP contribution is 2.42. The van der Waals surface area contributed by atoms with Gasteiger partial charge in [0.15, 0.2) is 5.15 Å². The number of halogens is 2. The summed E-state index contributed by atoms with van der Waals surface area (Å²) < 4.78 is 28.9. The van der Waals surface area contributed by atoms with Gasteiger partial charge in [-0.15, -0.1) is 10.2 Å². The number of imidazole rings is 1. The molecule has 1 amide bonds. The van der Waals surface area contributed by atoms with Gasteiger partial charge in [0.25, 0.3) is 0 Å². The summed E-state index contributed by atoms with van der Waals surface area (Å²) >= 11 is 12.9. The zero-order valence-electron chi connectivity index (χ0n) is 39.1. The lowest BCUT2D eigenvalue weighted by atomic mass is 9.80. The predicted octanol–water partition coefficient (Wildman–Crippen LogP) is 8.15. The van der Waals surface area contributed by atoms with Gasteiger partial charge in [-0.2, -0.15) is 0 Å².